The minimum Gasteiger partial charge on any atom is -0.398 e. The summed E-state index contributed by atoms with van der Waals surface area (Å²) in [5.74, 6) is 0.607. The Morgan fingerprint density at radius 2 is 1.88 bits per heavy atom. The van der Waals surface area contributed by atoms with E-state index in [1.807, 2.05) is 12.3 Å². The van der Waals surface area contributed by atoms with Crippen molar-refractivity contribution >= 4 is 5.69 Å². The molecule has 0 aliphatic rings. The number of nitrogen functional groups attached to an aromatic ring is 1. The first-order valence-corrected chi connectivity index (χ1v) is 6.02. The van der Waals surface area contributed by atoms with Crippen LogP contribution in [0.5, 0.6) is 0 Å². The summed E-state index contributed by atoms with van der Waals surface area (Å²) in [4.78, 5) is 4.12. The molecule has 1 unspecified atom stereocenters. The van der Waals surface area contributed by atoms with E-state index < -0.39 is 0 Å². The molecule has 0 bridgehead atoms. The van der Waals surface area contributed by atoms with Gasteiger partial charge in [0.05, 0.1) is 0 Å². The highest BCUT2D eigenvalue weighted by atomic mass is 14.7. The number of rotatable bonds is 3. The fraction of sp³-hybridized carbons (Fsp3) is 0.267. The van der Waals surface area contributed by atoms with Gasteiger partial charge in [-0.05, 0) is 29.5 Å². The molecule has 1 aromatic heterocycles. The molecule has 0 fully saturated rings. The first kappa shape index (κ1) is 11.6. The maximum Gasteiger partial charge on any atom is 0.0424 e. The van der Waals surface area contributed by atoms with E-state index >= 15 is 0 Å². The Kier molecular flexibility index (Phi) is 3.43. The van der Waals surface area contributed by atoms with E-state index in [-0.39, 0.29) is 0 Å². The van der Waals surface area contributed by atoms with Gasteiger partial charge in [0, 0.05) is 23.6 Å². The average Bonchev–Trinajstić information content (AvgIpc) is 2.39. The summed E-state index contributed by atoms with van der Waals surface area (Å²) in [6.07, 6.45) is 4.69. The summed E-state index contributed by atoms with van der Waals surface area (Å²) < 4.78 is 0. The van der Waals surface area contributed by atoms with Gasteiger partial charge in [0.15, 0.2) is 0 Å². The van der Waals surface area contributed by atoms with E-state index in [0.29, 0.717) is 5.92 Å². The Labute approximate surface area is 103 Å². The summed E-state index contributed by atoms with van der Waals surface area (Å²) in [5.41, 5.74) is 10.2. The molecule has 0 saturated carbocycles. The predicted octanol–water partition coefficient (Wildman–Crippen LogP) is 3.84. The standard InChI is InChI=1S/C15H18N2/c1-3-11(2)12-4-6-13(7-5-12)14-10-17-9-8-15(14)16/h4-11H,3H2,1-2H3,(H2,16,17). The van der Waals surface area contributed by atoms with Crippen LogP contribution in [0.1, 0.15) is 31.7 Å². The lowest BCUT2D eigenvalue weighted by Gasteiger charge is -2.10. The van der Waals surface area contributed by atoms with Crippen molar-refractivity contribution in [2.24, 2.45) is 0 Å². The van der Waals surface area contributed by atoms with E-state index in [1.54, 1.807) is 6.20 Å². The number of nitrogens with two attached hydrogens (primary N) is 1. The Morgan fingerprint density at radius 1 is 1.18 bits per heavy atom. The molecule has 0 aliphatic carbocycles. The van der Waals surface area contributed by atoms with Gasteiger partial charge in [0.1, 0.15) is 0 Å². The van der Waals surface area contributed by atoms with E-state index in [9.17, 15) is 0 Å². The van der Waals surface area contributed by atoms with Crippen molar-refractivity contribution in [3.63, 3.8) is 0 Å². The SMILES string of the molecule is CCC(C)c1ccc(-c2cnccc2N)cc1. The molecule has 17 heavy (non-hydrogen) atoms. The van der Waals surface area contributed by atoms with Crippen LogP contribution in [0.15, 0.2) is 42.7 Å². The van der Waals surface area contributed by atoms with Gasteiger partial charge >= 0.3 is 0 Å². The number of hydrogen-bond acceptors (Lipinski definition) is 2. The molecule has 0 aliphatic heterocycles. The van der Waals surface area contributed by atoms with Gasteiger partial charge in [-0.1, -0.05) is 38.1 Å². The van der Waals surface area contributed by atoms with Crippen LogP contribution in [-0.4, -0.2) is 4.98 Å². The normalized spacial score (nSPS) is 12.4. The van der Waals surface area contributed by atoms with Crippen molar-refractivity contribution in [1.82, 2.24) is 4.98 Å². The lowest BCUT2D eigenvalue weighted by Crippen LogP contribution is -1.93. The third kappa shape index (κ3) is 2.47. The van der Waals surface area contributed by atoms with Gasteiger partial charge < -0.3 is 5.73 Å². The number of aromatic nitrogens is 1. The zero-order valence-corrected chi connectivity index (χ0v) is 10.4. The molecule has 1 heterocycles. The highest BCUT2D eigenvalue weighted by Crippen LogP contribution is 2.27. The van der Waals surface area contributed by atoms with Crippen LogP contribution in [-0.2, 0) is 0 Å². The second-order valence-corrected chi connectivity index (χ2v) is 4.39. The van der Waals surface area contributed by atoms with Crippen molar-refractivity contribution in [3.05, 3.63) is 48.3 Å². The maximum atomic E-state index is 5.94. The van der Waals surface area contributed by atoms with E-state index in [0.717, 1.165) is 23.2 Å². The number of anilines is 1. The second-order valence-electron chi connectivity index (χ2n) is 4.39. The van der Waals surface area contributed by atoms with Crippen LogP contribution in [0.4, 0.5) is 5.69 Å². The quantitative estimate of drug-likeness (QED) is 0.863. The molecule has 2 N–H and O–H groups in total. The van der Waals surface area contributed by atoms with E-state index in [2.05, 4.69) is 43.1 Å². The summed E-state index contributed by atoms with van der Waals surface area (Å²) >= 11 is 0. The van der Waals surface area contributed by atoms with Gasteiger partial charge in [-0.25, -0.2) is 0 Å². The predicted molar refractivity (Wildman–Crippen MR) is 72.8 cm³/mol. The molecule has 0 saturated heterocycles. The molecule has 2 nitrogen and oxygen atoms in total. The summed E-state index contributed by atoms with van der Waals surface area (Å²) in [7, 11) is 0. The Balaban J connectivity index is 2.33. The Bertz CT molecular complexity index is 489. The van der Waals surface area contributed by atoms with Crippen molar-refractivity contribution < 1.29 is 0 Å². The van der Waals surface area contributed by atoms with E-state index in [4.69, 9.17) is 5.73 Å². The molecule has 0 amide bonds. The topological polar surface area (TPSA) is 38.9 Å². The largest absolute Gasteiger partial charge is 0.398 e. The van der Waals surface area contributed by atoms with Crippen molar-refractivity contribution in [1.29, 1.82) is 0 Å². The maximum absolute atomic E-state index is 5.94. The summed E-state index contributed by atoms with van der Waals surface area (Å²) in [6.45, 7) is 4.45. The van der Waals surface area contributed by atoms with Crippen LogP contribution in [0.25, 0.3) is 11.1 Å². The molecule has 88 valence electrons. The third-order valence-electron chi connectivity index (χ3n) is 3.26. The molecule has 2 rings (SSSR count). The molecule has 2 aromatic rings. The molecule has 1 aromatic carbocycles. The molecular formula is C15H18N2. The summed E-state index contributed by atoms with van der Waals surface area (Å²) in [5, 5.41) is 0. The minimum atomic E-state index is 0.607. The molecule has 2 heteroatoms. The first-order valence-electron chi connectivity index (χ1n) is 6.02. The number of hydrogen-bond donors (Lipinski definition) is 1. The highest BCUT2D eigenvalue weighted by molar-refractivity contribution is 5.75. The number of nitrogens with zero attached hydrogens (tertiary/aromatic N) is 1. The fourth-order valence-electron chi connectivity index (χ4n) is 1.87. The average molecular weight is 226 g/mol. The van der Waals surface area contributed by atoms with Crippen molar-refractivity contribution in [3.8, 4) is 11.1 Å². The van der Waals surface area contributed by atoms with Crippen LogP contribution < -0.4 is 5.73 Å². The smallest absolute Gasteiger partial charge is 0.0424 e. The Hall–Kier alpha value is -1.83. The highest BCUT2D eigenvalue weighted by Gasteiger charge is 2.05. The van der Waals surface area contributed by atoms with Gasteiger partial charge in [-0.2, -0.15) is 0 Å². The zero-order chi connectivity index (χ0) is 12.3. The van der Waals surface area contributed by atoms with Crippen LogP contribution in [0.3, 0.4) is 0 Å². The van der Waals surface area contributed by atoms with E-state index in [1.165, 1.54) is 5.56 Å². The second kappa shape index (κ2) is 5.00. The first-order chi connectivity index (χ1) is 8.22. The van der Waals surface area contributed by atoms with Gasteiger partial charge in [0.2, 0.25) is 0 Å². The number of benzene rings is 1. The molecule has 0 spiro atoms. The van der Waals surface area contributed by atoms with Crippen LogP contribution >= 0.6 is 0 Å². The van der Waals surface area contributed by atoms with Crippen molar-refractivity contribution in [2.45, 2.75) is 26.2 Å². The Morgan fingerprint density at radius 3 is 2.47 bits per heavy atom. The number of pyridine rings is 1. The molecule has 1 atom stereocenters. The van der Waals surface area contributed by atoms with Crippen molar-refractivity contribution in [2.75, 3.05) is 5.73 Å². The van der Waals surface area contributed by atoms with Crippen LogP contribution in [0.2, 0.25) is 0 Å². The molecule has 0 radical (unpaired) electrons. The van der Waals surface area contributed by atoms with Gasteiger partial charge in [0.25, 0.3) is 0 Å². The lowest BCUT2D eigenvalue weighted by atomic mass is 9.96. The van der Waals surface area contributed by atoms with Crippen LogP contribution in [0, 0.1) is 0 Å². The minimum absolute atomic E-state index is 0.607. The fourth-order valence-corrected chi connectivity index (χ4v) is 1.87. The summed E-state index contributed by atoms with van der Waals surface area (Å²) in [6, 6.07) is 10.4. The van der Waals surface area contributed by atoms with Gasteiger partial charge in [-0.15, -0.1) is 0 Å². The zero-order valence-electron chi connectivity index (χ0n) is 10.4. The monoisotopic (exact) mass is 226 g/mol. The van der Waals surface area contributed by atoms with Gasteiger partial charge in [-0.3, -0.25) is 4.98 Å². The lowest BCUT2D eigenvalue weighted by molar-refractivity contribution is 0.734. The molecular weight excluding hydrogens is 208 g/mol. The third-order valence-corrected chi connectivity index (χ3v) is 3.26.